The van der Waals surface area contributed by atoms with E-state index in [1.54, 1.807) is 0 Å². The van der Waals surface area contributed by atoms with Gasteiger partial charge in [0.2, 0.25) is 0 Å². The monoisotopic (exact) mass is 719 g/mol. The Morgan fingerprint density at radius 1 is 0.353 bits per heavy atom. The zero-order valence-electron chi connectivity index (χ0n) is 27.0. The number of hydrogen-bond acceptors (Lipinski definition) is 5. The molecule has 0 bridgehead atoms. The Hall–Kier alpha value is -6.37. The van der Waals surface area contributed by atoms with Crippen LogP contribution >= 0.6 is 15.9 Å². The average molecular weight is 721 g/mol. The van der Waals surface area contributed by atoms with E-state index in [2.05, 4.69) is 107 Å². The molecule has 0 aliphatic carbocycles. The van der Waals surface area contributed by atoms with Crippen LogP contribution in [-0.2, 0) is 0 Å². The summed E-state index contributed by atoms with van der Waals surface area (Å²) in [7, 11) is 0. The van der Waals surface area contributed by atoms with E-state index in [-0.39, 0.29) is 0 Å². The van der Waals surface area contributed by atoms with E-state index in [1.165, 1.54) is 11.1 Å². The number of aromatic nitrogens is 3. The highest BCUT2D eigenvalue weighted by atomic mass is 79.9. The van der Waals surface area contributed by atoms with Crippen molar-refractivity contribution >= 4 is 59.8 Å². The van der Waals surface area contributed by atoms with Gasteiger partial charge < -0.3 is 8.83 Å². The third-order valence-corrected chi connectivity index (χ3v) is 9.93. The van der Waals surface area contributed by atoms with Crippen LogP contribution in [0.4, 0.5) is 0 Å². The summed E-state index contributed by atoms with van der Waals surface area (Å²) in [6.45, 7) is 0. The lowest BCUT2D eigenvalue weighted by molar-refractivity contribution is 0.669. The van der Waals surface area contributed by atoms with Crippen molar-refractivity contribution in [2.45, 2.75) is 0 Å². The topological polar surface area (TPSA) is 65.0 Å². The molecule has 0 radical (unpaired) electrons. The second-order valence-electron chi connectivity index (χ2n) is 12.6. The van der Waals surface area contributed by atoms with E-state index in [1.807, 2.05) is 66.7 Å². The molecule has 0 saturated heterocycles. The normalized spacial score (nSPS) is 11.6. The lowest BCUT2D eigenvalue weighted by Crippen LogP contribution is -2.00. The van der Waals surface area contributed by atoms with E-state index in [4.69, 9.17) is 23.8 Å². The highest BCUT2D eigenvalue weighted by Gasteiger charge is 2.18. The Kier molecular flexibility index (Phi) is 6.89. The Balaban J connectivity index is 1.09. The molecule has 0 atom stereocenters. The van der Waals surface area contributed by atoms with E-state index in [9.17, 15) is 0 Å². The third kappa shape index (κ3) is 5.20. The number of benzene rings is 7. The molecule has 0 amide bonds. The highest BCUT2D eigenvalue weighted by molar-refractivity contribution is 9.10. The van der Waals surface area contributed by atoms with Crippen molar-refractivity contribution in [2.75, 3.05) is 0 Å². The summed E-state index contributed by atoms with van der Waals surface area (Å²) in [6, 6.07) is 53.8. The number of nitrogens with zero attached hydrogens (tertiary/aromatic N) is 3. The second kappa shape index (κ2) is 11.9. The van der Waals surface area contributed by atoms with Crippen molar-refractivity contribution in [3.8, 4) is 56.4 Å². The number of hydrogen-bond donors (Lipinski definition) is 0. The minimum absolute atomic E-state index is 0.545. The standard InChI is InChI=1S/C45H26BrN3O2/c46-33-8-5-7-31(25-33)29-17-15-27(16-18-29)28-19-21-30(22-20-28)43-47-44(32-23-24-41-38(26-32)35-10-2-3-13-39(35)50-41)49-45(48-43)37-12-6-11-36-34-9-1-4-14-40(34)51-42(36)37/h1-26H. The second-order valence-corrected chi connectivity index (χ2v) is 13.5. The van der Waals surface area contributed by atoms with Gasteiger partial charge in [-0.1, -0.05) is 125 Å². The zero-order valence-corrected chi connectivity index (χ0v) is 28.6. The molecule has 6 heteroatoms. The van der Waals surface area contributed by atoms with Crippen LogP contribution in [0.1, 0.15) is 0 Å². The number of rotatable bonds is 5. The van der Waals surface area contributed by atoms with E-state index < -0.39 is 0 Å². The lowest BCUT2D eigenvalue weighted by atomic mass is 9.99. The molecule has 0 saturated carbocycles. The molecule has 0 fully saturated rings. The Bertz CT molecular complexity index is 2930. The van der Waals surface area contributed by atoms with Gasteiger partial charge in [0.15, 0.2) is 17.5 Å². The minimum Gasteiger partial charge on any atom is -0.456 e. The van der Waals surface area contributed by atoms with Crippen molar-refractivity contribution in [2.24, 2.45) is 0 Å². The third-order valence-electron chi connectivity index (χ3n) is 9.43. The van der Waals surface area contributed by atoms with Gasteiger partial charge in [-0.25, -0.2) is 15.0 Å². The molecule has 0 aliphatic heterocycles. The summed E-state index contributed by atoms with van der Waals surface area (Å²) >= 11 is 3.58. The van der Waals surface area contributed by atoms with Crippen LogP contribution in [0.25, 0.3) is 100 Å². The fraction of sp³-hybridized carbons (Fsp3) is 0. The SMILES string of the molecule is Brc1cccc(-c2ccc(-c3ccc(-c4nc(-c5ccc6oc7ccccc7c6c5)nc(-c5cccc6c5oc5ccccc56)n4)cc3)cc2)c1. The van der Waals surface area contributed by atoms with Crippen LogP contribution < -0.4 is 0 Å². The van der Waals surface area contributed by atoms with Crippen LogP contribution in [0.3, 0.4) is 0 Å². The quantitative estimate of drug-likeness (QED) is 0.177. The number of furan rings is 2. The van der Waals surface area contributed by atoms with Gasteiger partial charge in [-0.05, 0) is 70.8 Å². The van der Waals surface area contributed by atoms with Gasteiger partial charge >= 0.3 is 0 Å². The fourth-order valence-electron chi connectivity index (χ4n) is 6.88. The largest absolute Gasteiger partial charge is 0.456 e. The first-order valence-electron chi connectivity index (χ1n) is 16.7. The summed E-state index contributed by atoms with van der Waals surface area (Å²) in [5, 5.41) is 4.15. The summed E-state index contributed by atoms with van der Waals surface area (Å²) < 4.78 is 13.6. The molecule has 51 heavy (non-hydrogen) atoms. The molecular weight excluding hydrogens is 694 g/mol. The van der Waals surface area contributed by atoms with E-state index in [0.29, 0.717) is 17.5 Å². The van der Waals surface area contributed by atoms with Crippen molar-refractivity contribution in [3.05, 3.63) is 162 Å². The Morgan fingerprint density at radius 2 is 0.882 bits per heavy atom. The molecule has 0 unspecified atom stereocenters. The molecule has 0 N–H and O–H groups in total. The predicted molar refractivity (Wildman–Crippen MR) is 209 cm³/mol. The summed E-state index contributed by atoms with van der Waals surface area (Å²) in [5.41, 5.74) is 10.4. The molecular formula is C45H26BrN3O2. The van der Waals surface area contributed by atoms with Crippen molar-refractivity contribution in [3.63, 3.8) is 0 Å². The van der Waals surface area contributed by atoms with Crippen molar-refractivity contribution in [1.82, 2.24) is 15.0 Å². The predicted octanol–water partition coefficient (Wildman–Crippen LogP) is 12.8. The van der Waals surface area contributed by atoms with Gasteiger partial charge in [0.1, 0.15) is 22.3 Å². The molecule has 0 spiro atoms. The maximum Gasteiger partial charge on any atom is 0.167 e. The summed E-state index contributed by atoms with van der Waals surface area (Å²) in [4.78, 5) is 15.2. The van der Waals surface area contributed by atoms with Gasteiger partial charge in [-0.15, -0.1) is 0 Å². The van der Waals surface area contributed by atoms with Crippen LogP contribution in [0.5, 0.6) is 0 Å². The first-order valence-corrected chi connectivity index (χ1v) is 17.5. The van der Waals surface area contributed by atoms with Crippen LogP contribution in [0.15, 0.2) is 171 Å². The van der Waals surface area contributed by atoms with Crippen LogP contribution in [0.2, 0.25) is 0 Å². The molecule has 3 heterocycles. The molecule has 10 rings (SSSR count). The van der Waals surface area contributed by atoms with Gasteiger partial charge in [0.05, 0.1) is 5.56 Å². The number of fused-ring (bicyclic) bond motifs is 6. The molecule has 7 aromatic carbocycles. The minimum atomic E-state index is 0.545. The van der Waals surface area contributed by atoms with E-state index >= 15 is 0 Å². The van der Waals surface area contributed by atoms with Crippen molar-refractivity contribution in [1.29, 1.82) is 0 Å². The van der Waals surface area contributed by atoms with Crippen LogP contribution in [0, 0.1) is 0 Å². The van der Waals surface area contributed by atoms with Gasteiger partial charge in [-0.2, -0.15) is 0 Å². The molecule has 5 nitrogen and oxygen atoms in total. The first-order chi connectivity index (χ1) is 25.1. The Labute approximate surface area is 301 Å². The zero-order chi connectivity index (χ0) is 33.9. The molecule has 0 aliphatic rings. The molecule has 240 valence electrons. The van der Waals surface area contributed by atoms with Crippen molar-refractivity contribution < 1.29 is 8.83 Å². The number of para-hydroxylation sites is 3. The summed E-state index contributed by atoms with van der Waals surface area (Å²) in [5.74, 6) is 1.70. The average Bonchev–Trinajstić information content (AvgIpc) is 3.76. The summed E-state index contributed by atoms with van der Waals surface area (Å²) in [6.07, 6.45) is 0. The smallest absolute Gasteiger partial charge is 0.167 e. The maximum absolute atomic E-state index is 6.42. The number of halogens is 1. The first kappa shape index (κ1) is 29.5. The highest BCUT2D eigenvalue weighted by Crippen LogP contribution is 2.37. The Morgan fingerprint density at radius 3 is 1.61 bits per heavy atom. The maximum atomic E-state index is 6.42. The van der Waals surface area contributed by atoms with E-state index in [0.717, 1.165) is 76.2 Å². The van der Waals surface area contributed by atoms with Crippen LogP contribution in [-0.4, -0.2) is 15.0 Å². The lowest BCUT2D eigenvalue weighted by Gasteiger charge is -2.10. The van der Waals surface area contributed by atoms with Gasteiger partial charge in [-0.3, -0.25) is 0 Å². The molecule has 10 aromatic rings. The van der Waals surface area contributed by atoms with Gasteiger partial charge in [0.25, 0.3) is 0 Å². The molecule has 3 aromatic heterocycles. The van der Waals surface area contributed by atoms with Gasteiger partial charge in [0, 0.05) is 37.1 Å². The fourth-order valence-corrected chi connectivity index (χ4v) is 7.28.